The smallest absolute Gasteiger partial charge is 0.243 e. The highest BCUT2D eigenvalue weighted by Crippen LogP contribution is 2.25. The summed E-state index contributed by atoms with van der Waals surface area (Å²) in [5.74, 6) is -0.379. The third kappa shape index (κ3) is 9.18. The van der Waals surface area contributed by atoms with Gasteiger partial charge in [0, 0.05) is 32.0 Å². The first-order chi connectivity index (χ1) is 19.9. The molecule has 0 aliphatic carbocycles. The predicted molar refractivity (Wildman–Crippen MR) is 171 cm³/mol. The van der Waals surface area contributed by atoms with Gasteiger partial charge in [-0.15, -0.1) is 0 Å². The highest BCUT2D eigenvalue weighted by Gasteiger charge is 2.31. The Bertz CT molecular complexity index is 1460. The van der Waals surface area contributed by atoms with Crippen LogP contribution >= 0.6 is 0 Å². The maximum atomic E-state index is 14.0. The molecule has 0 spiro atoms. The van der Waals surface area contributed by atoms with Crippen LogP contribution in [0.1, 0.15) is 60.9 Å². The lowest BCUT2D eigenvalue weighted by molar-refractivity contribution is -0.141. The van der Waals surface area contributed by atoms with Gasteiger partial charge in [0.25, 0.3) is 0 Å². The minimum atomic E-state index is -3.57. The molecular weight excluding hydrogens is 546 g/mol. The molecule has 0 bridgehead atoms. The number of nitrogens with one attached hydrogen (secondary N) is 1. The van der Waals surface area contributed by atoms with E-state index in [4.69, 9.17) is 0 Å². The van der Waals surface area contributed by atoms with E-state index < -0.39 is 16.1 Å². The van der Waals surface area contributed by atoms with Crippen LogP contribution in [0, 0.1) is 20.8 Å². The first-order valence-corrected chi connectivity index (χ1v) is 16.5. The van der Waals surface area contributed by atoms with Crippen molar-refractivity contribution >= 4 is 27.5 Å². The van der Waals surface area contributed by atoms with Crippen molar-refractivity contribution in [2.75, 3.05) is 17.1 Å². The lowest BCUT2D eigenvalue weighted by atomic mass is 10.0. The summed E-state index contributed by atoms with van der Waals surface area (Å²) in [5.41, 5.74) is 5.39. The fourth-order valence-corrected chi connectivity index (χ4v) is 5.95. The van der Waals surface area contributed by atoms with E-state index in [2.05, 4.69) is 5.32 Å². The van der Waals surface area contributed by atoms with Gasteiger partial charge in [-0.05, 0) is 74.4 Å². The van der Waals surface area contributed by atoms with Crippen molar-refractivity contribution in [1.82, 2.24) is 10.2 Å². The molecule has 3 rings (SSSR count). The van der Waals surface area contributed by atoms with Crippen LogP contribution in [-0.2, 0) is 32.6 Å². The molecule has 0 aliphatic rings. The van der Waals surface area contributed by atoms with Crippen LogP contribution in [0.15, 0.2) is 72.8 Å². The zero-order valence-electron chi connectivity index (χ0n) is 25.8. The summed E-state index contributed by atoms with van der Waals surface area (Å²) in [4.78, 5) is 29.4. The Morgan fingerprint density at radius 1 is 0.905 bits per heavy atom. The predicted octanol–water partition coefficient (Wildman–Crippen LogP) is 5.71. The SMILES string of the molecule is CC[C@H](C)NC(=O)[C@@H](Cc1ccccc1)N(Cc1ccccc1C)C(=O)CCCN(c1cc(C)ccc1C)S(C)(=O)=O. The molecule has 0 heterocycles. The number of aryl methyl sites for hydroxylation is 3. The number of hydrogen-bond donors (Lipinski definition) is 1. The topological polar surface area (TPSA) is 86.8 Å². The molecule has 3 aromatic carbocycles. The van der Waals surface area contributed by atoms with Gasteiger partial charge in [0.15, 0.2) is 0 Å². The molecule has 0 fully saturated rings. The minimum Gasteiger partial charge on any atom is -0.352 e. The lowest BCUT2D eigenvalue weighted by Crippen LogP contribution is -2.52. The second-order valence-electron chi connectivity index (χ2n) is 11.2. The molecule has 2 atom stereocenters. The Labute approximate surface area is 252 Å². The maximum absolute atomic E-state index is 14.0. The standard InChI is InChI=1S/C34H45N3O4S/c1-7-28(5)35-34(39)32(23-29-15-9-8-10-16-29)36(24-30-17-12-11-14-26(30)3)33(38)18-13-21-37(42(6,40)41)31-22-25(2)19-20-27(31)4/h8-12,14-17,19-20,22,28,32H,7,13,18,21,23-24H2,1-6H3,(H,35,39)/t28-,32+/m0/s1. The van der Waals surface area contributed by atoms with Gasteiger partial charge in [-0.3, -0.25) is 13.9 Å². The van der Waals surface area contributed by atoms with Gasteiger partial charge in [-0.2, -0.15) is 0 Å². The van der Waals surface area contributed by atoms with E-state index in [9.17, 15) is 18.0 Å². The van der Waals surface area contributed by atoms with Crippen LogP contribution in [0.4, 0.5) is 5.69 Å². The van der Waals surface area contributed by atoms with Crippen molar-refractivity contribution in [1.29, 1.82) is 0 Å². The van der Waals surface area contributed by atoms with Gasteiger partial charge in [0.05, 0.1) is 11.9 Å². The first kappa shape index (κ1) is 32.9. The van der Waals surface area contributed by atoms with Gasteiger partial charge < -0.3 is 10.2 Å². The number of sulfonamides is 1. The second kappa shape index (κ2) is 15.0. The first-order valence-electron chi connectivity index (χ1n) is 14.6. The molecule has 0 saturated carbocycles. The largest absolute Gasteiger partial charge is 0.352 e. The number of amides is 2. The Kier molecular flexibility index (Phi) is 11.7. The summed E-state index contributed by atoms with van der Waals surface area (Å²) in [6, 6.07) is 22.5. The molecular formula is C34H45N3O4S. The van der Waals surface area contributed by atoms with Gasteiger partial charge in [-0.1, -0.05) is 73.7 Å². The minimum absolute atomic E-state index is 0.0351. The molecule has 3 aromatic rings. The average Bonchev–Trinajstić information content (AvgIpc) is 2.95. The summed E-state index contributed by atoms with van der Waals surface area (Å²) in [5, 5.41) is 3.09. The molecule has 42 heavy (non-hydrogen) atoms. The van der Waals surface area contributed by atoms with E-state index in [1.807, 2.05) is 107 Å². The molecule has 1 N–H and O–H groups in total. The van der Waals surface area contributed by atoms with E-state index in [1.54, 1.807) is 4.90 Å². The second-order valence-corrected chi connectivity index (χ2v) is 13.1. The molecule has 0 unspecified atom stereocenters. The van der Waals surface area contributed by atoms with Crippen LogP contribution in [0.3, 0.4) is 0 Å². The van der Waals surface area contributed by atoms with Crippen LogP contribution in [-0.4, -0.2) is 50.0 Å². The highest BCUT2D eigenvalue weighted by atomic mass is 32.2. The van der Waals surface area contributed by atoms with E-state index in [0.717, 1.165) is 34.2 Å². The Balaban J connectivity index is 1.92. The Morgan fingerprint density at radius 3 is 2.21 bits per heavy atom. The Hall–Kier alpha value is -3.65. The van der Waals surface area contributed by atoms with Crippen molar-refractivity contribution in [3.63, 3.8) is 0 Å². The molecule has 0 aliphatic heterocycles. The van der Waals surface area contributed by atoms with E-state index in [-0.39, 0.29) is 37.4 Å². The molecule has 8 heteroatoms. The van der Waals surface area contributed by atoms with Crippen molar-refractivity contribution < 1.29 is 18.0 Å². The number of benzene rings is 3. The van der Waals surface area contributed by atoms with Gasteiger partial charge in [-0.25, -0.2) is 8.42 Å². The zero-order valence-corrected chi connectivity index (χ0v) is 26.6. The van der Waals surface area contributed by atoms with Crippen LogP contribution in [0.25, 0.3) is 0 Å². The fourth-order valence-electron chi connectivity index (χ4n) is 4.94. The Morgan fingerprint density at radius 2 is 1.57 bits per heavy atom. The lowest BCUT2D eigenvalue weighted by Gasteiger charge is -2.33. The molecule has 7 nitrogen and oxygen atoms in total. The number of hydrogen-bond acceptors (Lipinski definition) is 4. The number of carbonyl (C=O) groups is 2. The number of nitrogens with zero attached hydrogens (tertiary/aromatic N) is 2. The highest BCUT2D eigenvalue weighted by molar-refractivity contribution is 7.92. The van der Waals surface area contributed by atoms with Crippen LogP contribution in [0.5, 0.6) is 0 Å². The van der Waals surface area contributed by atoms with Gasteiger partial charge >= 0.3 is 0 Å². The quantitative estimate of drug-likeness (QED) is 0.260. The normalized spacial score (nSPS) is 12.8. The van der Waals surface area contributed by atoms with Crippen LogP contribution < -0.4 is 9.62 Å². The fraction of sp³-hybridized carbons (Fsp3) is 0.412. The summed E-state index contributed by atoms with van der Waals surface area (Å²) in [6.45, 7) is 10.2. The summed E-state index contributed by atoms with van der Waals surface area (Å²) >= 11 is 0. The molecule has 2 amide bonds. The maximum Gasteiger partial charge on any atom is 0.243 e. The van der Waals surface area contributed by atoms with Crippen molar-refractivity contribution in [3.8, 4) is 0 Å². The van der Waals surface area contributed by atoms with Gasteiger partial charge in [0.1, 0.15) is 6.04 Å². The van der Waals surface area contributed by atoms with E-state index in [1.165, 1.54) is 10.6 Å². The monoisotopic (exact) mass is 591 g/mol. The van der Waals surface area contributed by atoms with Gasteiger partial charge in [0.2, 0.25) is 21.8 Å². The third-order valence-corrected chi connectivity index (χ3v) is 8.84. The number of rotatable bonds is 14. The third-order valence-electron chi connectivity index (χ3n) is 7.66. The van der Waals surface area contributed by atoms with Crippen molar-refractivity contribution in [2.45, 2.75) is 78.9 Å². The number of anilines is 1. The van der Waals surface area contributed by atoms with E-state index in [0.29, 0.717) is 18.5 Å². The molecule has 0 saturated heterocycles. The summed E-state index contributed by atoms with van der Waals surface area (Å²) < 4.78 is 27.0. The van der Waals surface area contributed by atoms with E-state index >= 15 is 0 Å². The summed E-state index contributed by atoms with van der Waals surface area (Å²) in [7, 11) is -3.57. The molecule has 0 aromatic heterocycles. The summed E-state index contributed by atoms with van der Waals surface area (Å²) in [6.07, 6.45) is 2.75. The average molecular weight is 592 g/mol. The zero-order chi connectivity index (χ0) is 30.9. The van der Waals surface area contributed by atoms with Crippen LogP contribution in [0.2, 0.25) is 0 Å². The molecule has 0 radical (unpaired) electrons. The van der Waals surface area contributed by atoms with Crippen molar-refractivity contribution in [3.05, 3.63) is 101 Å². The molecule has 226 valence electrons. The number of carbonyl (C=O) groups excluding carboxylic acids is 2. The van der Waals surface area contributed by atoms with Crippen molar-refractivity contribution in [2.24, 2.45) is 0 Å².